The third kappa shape index (κ3) is 2.73. The normalized spacial score (nSPS) is 10.3. The summed E-state index contributed by atoms with van der Waals surface area (Å²) in [6, 6.07) is 11.4. The number of hydrogen-bond acceptors (Lipinski definition) is 2. The number of hydrogen-bond donors (Lipinski definition) is 1. The minimum atomic E-state index is -0.378. The third-order valence-electron chi connectivity index (χ3n) is 3.00. The molecule has 0 spiro atoms. The largest absolute Gasteiger partial charge is 0.399 e. The van der Waals surface area contributed by atoms with Crippen LogP contribution >= 0.6 is 0 Å². The van der Waals surface area contributed by atoms with E-state index in [9.17, 15) is 9.18 Å². The Morgan fingerprint density at radius 1 is 1.16 bits per heavy atom. The Kier molecular flexibility index (Phi) is 3.51. The Labute approximate surface area is 111 Å². The zero-order chi connectivity index (χ0) is 14.0. The topological polar surface area (TPSA) is 46.3 Å². The van der Waals surface area contributed by atoms with Crippen molar-refractivity contribution >= 4 is 17.3 Å². The van der Waals surface area contributed by atoms with Crippen molar-refractivity contribution in [2.45, 2.75) is 6.92 Å². The fraction of sp³-hybridized carbons (Fsp3) is 0.133. The highest BCUT2D eigenvalue weighted by Crippen LogP contribution is 2.18. The molecule has 0 heterocycles. The lowest BCUT2D eigenvalue weighted by Gasteiger charge is -2.17. The summed E-state index contributed by atoms with van der Waals surface area (Å²) < 4.78 is 13.5. The fourth-order valence-electron chi connectivity index (χ4n) is 1.73. The van der Waals surface area contributed by atoms with Crippen LogP contribution in [-0.4, -0.2) is 13.0 Å². The summed E-state index contributed by atoms with van der Waals surface area (Å²) >= 11 is 0. The number of nitrogens with two attached hydrogens (primary N) is 1. The predicted octanol–water partition coefficient (Wildman–Crippen LogP) is 2.99. The van der Waals surface area contributed by atoms with Gasteiger partial charge in [0.05, 0.1) is 0 Å². The number of benzene rings is 2. The molecule has 2 aromatic carbocycles. The molecule has 2 aromatic rings. The smallest absolute Gasteiger partial charge is 0.258 e. The van der Waals surface area contributed by atoms with Crippen molar-refractivity contribution in [3.8, 4) is 0 Å². The summed E-state index contributed by atoms with van der Waals surface area (Å²) in [7, 11) is 1.64. The molecule has 0 bridgehead atoms. The Morgan fingerprint density at radius 2 is 1.79 bits per heavy atom. The van der Waals surface area contributed by atoms with Gasteiger partial charge in [-0.15, -0.1) is 0 Å². The molecule has 0 saturated heterocycles. The van der Waals surface area contributed by atoms with Crippen molar-refractivity contribution in [3.63, 3.8) is 0 Å². The predicted molar refractivity (Wildman–Crippen MR) is 74.7 cm³/mol. The van der Waals surface area contributed by atoms with Crippen LogP contribution in [-0.2, 0) is 0 Å². The maximum Gasteiger partial charge on any atom is 0.258 e. The number of amides is 1. The van der Waals surface area contributed by atoms with Gasteiger partial charge in [-0.25, -0.2) is 4.39 Å². The van der Waals surface area contributed by atoms with Gasteiger partial charge in [0.25, 0.3) is 5.91 Å². The quantitative estimate of drug-likeness (QED) is 0.842. The zero-order valence-corrected chi connectivity index (χ0v) is 10.9. The van der Waals surface area contributed by atoms with Gasteiger partial charge in [-0.2, -0.15) is 0 Å². The molecule has 0 unspecified atom stereocenters. The number of halogens is 1. The molecule has 0 aliphatic heterocycles. The Morgan fingerprint density at radius 3 is 2.37 bits per heavy atom. The summed E-state index contributed by atoms with van der Waals surface area (Å²) in [5.74, 6) is -0.639. The van der Waals surface area contributed by atoms with Crippen LogP contribution in [0.15, 0.2) is 42.5 Å². The molecule has 0 fully saturated rings. The average molecular weight is 258 g/mol. The molecule has 4 heteroatoms. The molecule has 0 atom stereocenters. The average Bonchev–Trinajstić information content (AvgIpc) is 2.41. The maximum atomic E-state index is 13.5. The molecule has 0 aromatic heterocycles. The number of rotatable bonds is 2. The van der Waals surface area contributed by atoms with Gasteiger partial charge >= 0.3 is 0 Å². The van der Waals surface area contributed by atoms with Gasteiger partial charge in [0, 0.05) is 24.0 Å². The Balaban J connectivity index is 2.28. The van der Waals surface area contributed by atoms with E-state index in [4.69, 9.17) is 5.73 Å². The van der Waals surface area contributed by atoms with Crippen LogP contribution in [0.25, 0.3) is 0 Å². The van der Waals surface area contributed by atoms with Crippen molar-refractivity contribution in [3.05, 3.63) is 59.4 Å². The van der Waals surface area contributed by atoms with Crippen LogP contribution in [0.1, 0.15) is 15.9 Å². The van der Waals surface area contributed by atoms with Crippen LogP contribution in [0.2, 0.25) is 0 Å². The van der Waals surface area contributed by atoms with Crippen molar-refractivity contribution in [2.24, 2.45) is 0 Å². The number of carbonyl (C=O) groups is 1. The molecule has 3 nitrogen and oxygen atoms in total. The number of anilines is 2. The first-order valence-corrected chi connectivity index (χ1v) is 5.89. The van der Waals surface area contributed by atoms with E-state index in [0.717, 1.165) is 0 Å². The van der Waals surface area contributed by atoms with E-state index in [0.29, 0.717) is 22.5 Å². The van der Waals surface area contributed by atoms with Gasteiger partial charge in [0.15, 0.2) is 0 Å². The number of aryl methyl sites for hydroxylation is 1. The summed E-state index contributed by atoms with van der Waals surface area (Å²) in [5.41, 5.74) is 7.78. The third-order valence-corrected chi connectivity index (χ3v) is 3.00. The highest BCUT2D eigenvalue weighted by Gasteiger charge is 2.14. The van der Waals surface area contributed by atoms with E-state index in [2.05, 4.69) is 0 Å². The lowest BCUT2D eigenvalue weighted by molar-refractivity contribution is 0.0992. The van der Waals surface area contributed by atoms with Gasteiger partial charge in [-0.3, -0.25) is 4.79 Å². The first-order valence-electron chi connectivity index (χ1n) is 5.89. The number of nitrogens with zero attached hydrogens (tertiary/aromatic N) is 1. The van der Waals surface area contributed by atoms with E-state index in [1.807, 2.05) is 0 Å². The van der Waals surface area contributed by atoms with E-state index in [1.165, 1.54) is 11.0 Å². The maximum absolute atomic E-state index is 13.5. The summed E-state index contributed by atoms with van der Waals surface area (Å²) in [4.78, 5) is 13.7. The van der Waals surface area contributed by atoms with Gasteiger partial charge in [0.2, 0.25) is 0 Å². The second kappa shape index (κ2) is 5.10. The number of nitrogen functional groups attached to an aromatic ring is 1. The molecule has 0 aliphatic rings. The van der Waals surface area contributed by atoms with Gasteiger partial charge < -0.3 is 10.6 Å². The van der Waals surface area contributed by atoms with E-state index < -0.39 is 0 Å². The highest BCUT2D eigenvalue weighted by atomic mass is 19.1. The van der Waals surface area contributed by atoms with Crippen molar-refractivity contribution < 1.29 is 9.18 Å². The molecule has 2 rings (SSSR count). The van der Waals surface area contributed by atoms with Crippen molar-refractivity contribution in [1.29, 1.82) is 0 Å². The molecule has 0 aliphatic carbocycles. The van der Waals surface area contributed by atoms with E-state index in [1.54, 1.807) is 50.4 Å². The van der Waals surface area contributed by atoms with Crippen LogP contribution in [0.5, 0.6) is 0 Å². The zero-order valence-electron chi connectivity index (χ0n) is 10.9. The molecule has 0 radical (unpaired) electrons. The van der Waals surface area contributed by atoms with Crippen LogP contribution in [0.4, 0.5) is 15.8 Å². The summed E-state index contributed by atoms with van der Waals surface area (Å²) in [5, 5.41) is 0. The molecular weight excluding hydrogens is 243 g/mol. The lowest BCUT2D eigenvalue weighted by atomic mass is 10.1. The van der Waals surface area contributed by atoms with Crippen molar-refractivity contribution in [2.75, 3.05) is 17.7 Å². The lowest BCUT2D eigenvalue weighted by Crippen LogP contribution is -2.26. The standard InChI is InChI=1S/C15H15FN2O/c1-10-3-4-11(9-14(10)16)15(19)18(2)13-7-5-12(17)6-8-13/h3-9H,17H2,1-2H3. The van der Waals surface area contributed by atoms with Crippen molar-refractivity contribution in [1.82, 2.24) is 0 Å². The van der Waals surface area contributed by atoms with Crippen LogP contribution < -0.4 is 10.6 Å². The van der Waals surface area contributed by atoms with E-state index >= 15 is 0 Å². The second-order valence-corrected chi connectivity index (χ2v) is 4.42. The Bertz CT molecular complexity index is 608. The molecule has 98 valence electrons. The van der Waals surface area contributed by atoms with E-state index in [-0.39, 0.29) is 11.7 Å². The molecule has 2 N–H and O–H groups in total. The fourth-order valence-corrected chi connectivity index (χ4v) is 1.73. The second-order valence-electron chi connectivity index (χ2n) is 4.42. The Hall–Kier alpha value is -2.36. The monoisotopic (exact) mass is 258 g/mol. The van der Waals surface area contributed by atoms with Gasteiger partial charge in [-0.1, -0.05) is 6.07 Å². The summed E-state index contributed by atoms with van der Waals surface area (Å²) in [6.45, 7) is 1.66. The van der Waals surface area contributed by atoms with Crippen LogP contribution in [0, 0.1) is 12.7 Å². The minimum Gasteiger partial charge on any atom is -0.399 e. The SMILES string of the molecule is Cc1ccc(C(=O)N(C)c2ccc(N)cc2)cc1F. The van der Waals surface area contributed by atoms with Gasteiger partial charge in [-0.05, 0) is 48.9 Å². The molecule has 0 saturated carbocycles. The first-order chi connectivity index (χ1) is 8.99. The molecule has 19 heavy (non-hydrogen) atoms. The first kappa shape index (κ1) is 13.1. The highest BCUT2D eigenvalue weighted by molar-refractivity contribution is 6.05. The molecular formula is C15H15FN2O. The molecule has 1 amide bonds. The minimum absolute atomic E-state index is 0.260. The van der Waals surface area contributed by atoms with Gasteiger partial charge in [0.1, 0.15) is 5.82 Å². The summed E-state index contributed by atoms with van der Waals surface area (Å²) in [6.07, 6.45) is 0. The number of carbonyl (C=O) groups excluding carboxylic acids is 1. The van der Waals surface area contributed by atoms with Crippen LogP contribution in [0.3, 0.4) is 0 Å².